The fourth-order valence-electron chi connectivity index (χ4n) is 2.73. The maximum atomic E-state index is 12.6. The third-order valence-electron chi connectivity index (χ3n) is 3.83. The predicted octanol–water partition coefficient (Wildman–Crippen LogP) is 4.16. The van der Waals surface area contributed by atoms with Crippen molar-refractivity contribution in [2.24, 2.45) is 0 Å². The number of hydrogen-bond donors (Lipinski definition) is 1. The van der Waals surface area contributed by atoms with Gasteiger partial charge in [0.2, 0.25) is 5.91 Å². The van der Waals surface area contributed by atoms with Crippen molar-refractivity contribution in [1.29, 1.82) is 0 Å². The molecule has 0 unspecified atom stereocenters. The van der Waals surface area contributed by atoms with Gasteiger partial charge in [-0.3, -0.25) is 4.79 Å². The van der Waals surface area contributed by atoms with Gasteiger partial charge in [0, 0.05) is 23.6 Å². The smallest absolute Gasteiger partial charge is 0.407 e. The van der Waals surface area contributed by atoms with E-state index in [1.54, 1.807) is 11.0 Å². The fraction of sp³-hybridized carbons (Fsp3) is 0.556. The van der Waals surface area contributed by atoms with Gasteiger partial charge in [0.1, 0.15) is 5.60 Å². The second-order valence-corrected chi connectivity index (χ2v) is 8.51. The van der Waals surface area contributed by atoms with Gasteiger partial charge in [-0.15, -0.1) is 0 Å². The number of alkyl carbamates (subject to hydrolysis) is 1. The highest BCUT2D eigenvalue weighted by Crippen LogP contribution is 2.24. The van der Waals surface area contributed by atoms with E-state index >= 15 is 0 Å². The molecule has 0 bridgehead atoms. The summed E-state index contributed by atoms with van der Waals surface area (Å²) in [5.41, 5.74) is 0.343. The molecule has 1 aromatic carbocycles. The number of likely N-dealkylation sites (tertiary alicyclic amines) is 1. The number of benzene rings is 1. The average Bonchev–Trinajstić information content (AvgIpc) is 2.49. The highest BCUT2D eigenvalue weighted by Gasteiger charge is 2.26. The van der Waals surface area contributed by atoms with Crippen LogP contribution in [0.25, 0.3) is 0 Å². The number of ether oxygens (including phenoxy) is 1. The first-order valence-corrected chi connectivity index (χ1v) is 9.52. The lowest BCUT2D eigenvalue weighted by Gasteiger charge is -2.33. The van der Waals surface area contributed by atoms with Crippen molar-refractivity contribution < 1.29 is 14.3 Å². The van der Waals surface area contributed by atoms with Gasteiger partial charge in [-0.1, -0.05) is 17.7 Å². The average molecular weight is 432 g/mol. The fourth-order valence-corrected chi connectivity index (χ4v) is 3.18. The number of carbonyl (C=O) groups excluding carboxylic acids is 2. The molecular weight excluding hydrogens is 408 g/mol. The van der Waals surface area contributed by atoms with Crippen LogP contribution in [0, 0.1) is 0 Å². The molecule has 1 saturated heterocycles. The van der Waals surface area contributed by atoms with Crippen molar-refractivity contribution >= 4 is 39.5 Å². The third-order valence-corrected chi connectivity index (χ3v) is 5.07. The lowest BCUT2D eigenvalue weighted by Crippen LogP contribution is -2.50. The molecule has 1 heterocycles. The minimum atomic E-state index is -0.533. The Balaban J connectivity index is 1.90. The molecule has 0 aromatic heterocycles. The van der Waals surface area contributed by atoms with E-state index in [1.165, 1.54) is 0 Å². The Bertz CT molecular complexity index is 646. The molecule has 1 fully saturated rings. The number of nitrogens with zero attached hydrogens (tertiary/aromatic N) is 1. The van der Waals surface area contributed by atoms with E-state index in [4.69, 9.17) is 16.3 Å². The summed E-state index contributed by atoms with van der Waals surface area (Å²) in [4.78, 5) is 26.3. The number of piperidine rings is 1. The molecule has 1 aliphatic heterocycles. The first-order chi connectivity index (χ1) is 11.6. The van der Waals surface area contributed by atoms with Gasteiger partial charge >= 0.3 is 6.09 Å². The Kier molecular flexibility index (Phi) is 6.74. The highest BCUT2D eigenvalue weighted by atomic mass is 79.9. The minimum absolute atomic E-state index is 0.0362. The van der Waals surface area contributed by atoms with Crippen molar-refractivity contribution in [2.75, 3.05) is 13.1 Å². The van der Waals surface area contributed by atoms with E-state index in [0.29, 0.717) is 24.5 Å². The summed E-state index contributed by atoms with van der Waals surface area (Å²) >= 11 is 9.43. The van der Waals surface area contributed by atoms with E-state index in [0.717, 1.165) is 22.9 Å². The summed E-state index contributed by atoms with van der Waals surface area (Å²) in [5, 5.41) is 3.45. The molecule has 5 nitrogen and oxygen atoms in total. The molecule has 0 aliphatic carbocycles. The largest absolute Gasteiger partial charge is 0.444 e. The molecule has 0 radical (unpaired) electrons. The summed E-state index contributed by atoms with van der Waals surface area (Å²) in [7, 11) is 0. The van der Waals surface area contributed by atoms with Crippen molar-refractivity contribution in [1.82, 2.24) is 10.2 Å². The molecule has 1 aromatic rings. The molecule has 2 amide bonds. The number of carbonyl (C=O) groups is 2. The lowest BCUT2D eigenvalue weighted by atomic mass is 10.0. The summed E-state index contributed by atoms with van der Waals surface area (Å²) in [6.07, 6.45) is 1.55. The number of nitrogens with one attached hydrogen (secondary N) is 1. The van der Waals surface area contributed by atoms with Crippen LogP contribution in [0.5, 0.6) is 0 Å². The van der Waals surface area contributed by atoms with Gasteiger partial charge in [0.25, 0.3) is 0 Å². The third kappa shape index (κ3) is 6.51. The van der Waals surface area contributed by atoms with Gasteiger partial charge in [0.05, 0.1) is 11.4 Å². The van der Waals surface area contributed by atoms with E-state index in [-0.39, 0.29) is 11.9 Å². The molecule has 1 N–H and O–H groups in total. The van der Waals surface area contributed by atoms with Crippen LogP contribution < -0.4 is 5.32 Å². The van der Waals surface area contributed by atoms with Gasteiger partial charge in [0.15, 0.2) is 0 Å². The SMILES string of the molecule is CC(C)(C)OC(=O)N[C@@H]1CCCN(C(=O)Cc2ccc(Br)c(Cl)c2)C1. The predicted molar refractivity (Wildman–Crippen MR) is 102 cm³/mol. The van der Waals surface area contributed by atoms with Gasteiger partial charge in [-0.05, 0) is 67.2 Å². The lowest BCUT2D eigenvalue weighted by molar-refractivity contribution is -0.131. The van der Waals surface area contributed by atoms with Crippen LogP contribution in [0.3, 0.4) is 0 Å². The number of amides is 2. The topological polar surface area (TPSA) is 58.6 Å². The highest BCUT2D eigenvalue weighted by molar-refractivity contribution is 9.10. The molecule has 7 heteroatoms. The van der Waals surface area contributed by atoms with Crippen LogP contribution in [0.15, 0.2) is 22.7 Å². The Labute approximate surface area is 162 Å². The molecule has 0 saturated carbocycles. The van der Waals surface area contributed by atoms with Gasteiger partial charge in [-0.2, -0.15) is 0 Å². The standard InChI is InChI=1S/C18H24BrClN2O3/c1-18(2,3)25-17(24)21-13-5-4-8-22(11-13)16(23)10-12-6-7-14(19)15(20)9-12/h6-7,9,13H,4-5,8,10-11H2,1-3H3,(H,21,24)/t13-/m1/s1. The second kappa shape index (κ2) is 8.41. The van der Waals surface area contributed by atoms with Crippen LogP contribution in [-0.2, 0) is 16.0 Å². The van der Waals surface area contributed by atoms with E-state index < -0.39 is 11.7 Å². The summed E-state index contributed by atoms with van der Waals surface area (Å²) in [5.74, 6) is 0.0362. The Morgan fingerprint density at radius 1 is 1.40 bits per heavy atom. The summed E-state index contributed by atoms with van der Waals surface area (Å²) in [6, 6.07) is 5.44. The molecule has 25 heavy (non-hydrogen) atoms. The van der Waals surface area contributed by atoms with Crippen LogP contribution in [0.2, 0.25) is 5.02 Å². The number of rotatable bonds is 3. The normalized spacial score (nSPS) is 18.0. The zero-order valence-corrected chi connectivity index (χ0v) is 17.1. The molecule has 2 rings (SSSR count). The maximum absolute atomic E-state index is 12.6. The van der Waals surface area contributed by atoms with Crippen molar-refractivity contribution in [2.45, 2.75) is 51.7 Å². The molecule has 1 aliphatic rings. The quantitative estimate of drug-likeness (QED) is 0.782. The van der Waals surface area contributed by atoms with Crippen LogP contribution in [-0.4, -0.2) is 41.6 Å². The van der Waals surface area contributed by atoms with Gasteiger partial charge in [-0.25, -0.2) is 4.79 Å². The van der Waals surface area contributed by atoms with Crippen molar-refractivity contribution in [3.63, 3.8) is 0 Å². The van der Waals surface area contributed by atoms with Crippen LogP contribution in [0.1, 0.15) is 39.2 Å². The maximum Gasteiger partial charge on any atom is 0.407 e. The molecule has 138 valence electrons. The Morgan fingerprint density at radius 3 is 2.76 bits per heavy atom. The zero-order chi connectivity index (χ0) is 18.6. The van der Waals surface area contributed by atoms with E-state index in [1.807, 2.05) is 32.9 Å². The molecule has 1 atom stereocenters. The Hall–Kier alpha value is -1.27. The molecule has 0 spiro atoms. The first-order valence-electron chi connectivity index (χ1n) is 8.35. The van der Waals surface area contributed by atoms with Crippen molar-refractivity contribution in [3.8, 4) is 0 Å². The van der Waals surface area contributed by atoms with Crippen LogP contribution >= 0.6 is 27.5 Å². The number of halogens is 2. The summed E-state index contributed by atoms with van der Waals surface area (Å²) < 4.78 is 6.09. The van der Waals surface area contributed by atoms with Crippen molar-refractivity contribution in [3.05, 3.63) is 33.3 Å². The Morgan fingerprint density at radius 2 is 2.12 bits per heavy atom. The monoisotopic (exact) mass is 430 g/mol. The number of hydrogen-bond acceptors (Lipinski definition) is 3. The molecular formula is C18H24BrClN2O3. The van der Waals surface area contributed by atoms with E-state index in [9.17, 15) is 9.59 Å². The minimum Gasteiger partial charge on any atom is -0.444 e. The first kappa shape index (κ1) is 20.0. The second-order valence-electron chi connectivity index (χ2n) is 7.25. The van der Waals surface area contributed by atoms with Gasteiger partial charge < -0.3 is 15.0 Å². The summed E-state index contributed by atoms with van der Waals surface area (Å²) in [6.45, 7) is 6.68. The zero-order valence-electron chi connectivity index (χ0n) is 14.8. The van der Waals surface area contributed by atoms with E-state index in [2.05, 4.69) is 21.2 Å². The van der Waals surface area contributed by atoms with Crippen LogP contribution in [0.4, 0.5) is 4.79 Å².